The first-order valence-electron chi connectivity index (χ1n) is 6.13. The number of rotatable bonds is 2. The van der Waals surface area contributed by atoms with Crippen LogP contribution in [0.5, 0.6) is 0 Å². The summed E-state index contributed by atoms with van der Waals surface area (Å²) in [7, 11) is 0. The number of carbonyl (C=O) groups is 2. The highest BCUT2D eigenvalue weighted by atomic mass is 16.2. The van der Waals surface area contributed by atoms with Crippen LogP contribution in [-0.4, -0.2) is 41.9 Å². The highest BCUT2D eigenvalue weighted by molar-refractivity contribution is 6.09. The van der Waals surface area contributed by atoms with Crippen molar-refractivity contribution in [2.75, 3.05) is 13.1 Å². The largest absolute Gasteiger partial charge is 0.303 e. The Morgan fingerprint density at radius 3 is 2.11 bits per heavy atom. The van der Waals surface area contributed by atoms with Crippen LogP contribution in [0.25, 0.3) is 0 Å². The minimum atomic E-state index is -0.394. The lowest BCUT2D eigenvalue weighted by Crippen LogP contribution is -2.57. The molecule has 94 valence electrons. The van der Waals surface area contributed by atoms with Gasteiger partial charge in [0.1, 0.15) is 12.1 Å². The maximum atomic E-state index is 12.2. The quantitative estimate of drug-likeness (QED) is 0.689. The van der Waals surface area contributed by atoms with Crippen LogP contribution in [0.2, 0.25) is 0 Å². The van der Waals surface area contributed by atoms with Crippen molar-refractivity contribution < 1.29 is 9.59 Å². The summed E-state index contributed by atoms with van der Waals surface area (Å²) in [5.41, 5.74) is 0.970. The maximum absolute atomic E-state index is 12.2. The number of carbonyl (C=O) groups excluding carboxylic acids is 2. The van der Waals surface area contributed by atoms with E-state index in [1.54, 1.807) is 0 Å². The number of fused-ring (bicyclic) bond motifs is 1. The van der Waals surface area contributed by atoms with Gasteiger partial charge >= 0.3 is 0 Å². The molecular weight excluding hydrogens is 230 g/mol. The van der Waals surface area contributed by atoms with Gasteiger partial charge in [-0.15, -0.1) is 0 Å². The molecule has 2 fully saturated rings. The summed E-state index contributed by atoms with van der Waals surface area (Å²) >= 11 is 0. The van der Waals surface area contributed by atoms with Gasteiger partial charge in [0.15, 0.2) is 0 Å². The van der Waals surface area contributed by atoms with E-state index in [1.165, 1.54) is 4.90 Å². The molecule has 2 N–H and O–H groups in total. The van der Waals surface area contributed by atoms with E-state index < -0.39 is 12.1 Å². The molecule has 2 aliphatic rings. The van der Waals surface area contributed by atoms with Crippen LogP contribution in [0.3, 0.4) is 0 Å². The molecule has 5 heteroatoms. The monoisotopic (exact) mass is 245 g/mol. The Balaban J connectivity index is 1.80. The van der Waals surface area contributed by atoms with E-state index in [4.69, 9.17) is 0 Å². The molecule has 1 aromatic rings. The SMILES string of the molecule is O=C1C2NCCNC2C(=O)N1Cc1ccccc1. The van der Waals surface area contributed by atoms with E-state index in [-0.39, 0.29) is 11.8 Å². The van der Waals surface area contributed by atoms with Crippen molar-refractivity contribution in [3.63, 3.8) is 0 Å². The zero-order chi connectivity index (χ0) is 12.5. The number of benzene rings is 1. The van der Waals surface area contributed by atoms with Gasteiger partial charge in [0, 0.05) is 13.1 Å². The molecule has 0 aromatic heterocycles. The van der Waals surface area contributed by atoms with Crippen LogP contribution in [0.15, 0.2) is 30.3 Å². The molecule has 0 aliphatic carbocycles. The lowest BCUT2D eigenvalue weighted by atomic mass is 10.1. The summed E-state index contributed by atoms with van der Waals surface area (Å²) < 4.78 is 0. The number of imide groups is 1. The number of likely N-dealkylation sites (tertiary alicyclic amines) is 1. The van der Waals surface area contributed by atoms with Crippen LogP contribution in [0.1, 0.15) is 5.56 Å². The van der Waals surface area contributed by atoms with E-state index in [1.807, 2.05) is 30.3 Å². The summed E-state index contributed by atoms with van der Waals surface area (Å²) in [6, 6.07) is 8.78. The lowest BCUT2D eigenvalue weighted by Gasteiger charge is -2.23. The molecule has 18 heavy (non-hydrogen) atoms. The van der Waals surface area contributed by atoms with Gasteiger partial charge in [-0.2, -0.15) is 0 Å². The van der Waals surface area contributed by atoms with E-state index in [0.717, 1.165) is 18.7 Å². The number of piperazine rings is 1. The number of hydrogen-bond acceptors (Lipinski definition) is 4. The van der Waals surface area contributed by atoms with Crippen molar-refractivity contribution in [3.8, 4) is 0 Å². The Kier molecular flexibility index (Phi) is 2.85. The van der Waals surface area contributed by atoms with Crippen LogP contribution in [-0.2, 0) is 16.1 Å². The van der Waals surface area contributed by atoms with Gasteiger partial charge in [0.25, 0.3) is 0 Å². The fourth-order valence-electron chi connectivity index (χ4n) is 2.52. The number of nitrogens with one attached hydrogen (secondary N) is 2. The summed E-state index contributed by atoms with van der Waals surface area (Å²) in [6.07, 6.45) is 0. The minimum absolute atomic E-state index is 0.124. The van der Waals surface area contributed by atoms with Crippen molar-refractivity contribution >= 4 is 11.8 Å². The van der Waals surface area contributed by atoms with Gasteiger partial charge in [-0.25, -0.2) is 0 Å². The number of nitrogens with zero attached hydrogens (tertiary/aromatic N) is 1. The highest BCUT2D eigenvalue weighted by Gasteiger charge is 2.48. The molecule has 0 saturated carbocycles. The van der Waals surface area contributed by atoms with Crippen LogP contribution in [0.4, 0.5) is 0 Å². The zero-order valence-electron chi connectivity index (χ0n) is 9.93. The molecule has 1 aromatic carbocycles. The van der Waals surface area contributed by atoms with Crippen LogP contribution < -0.4 is 10.6 Å². The molecule has 3 rings (SSSR count). The van der Waals surface area contributed by atoms with Gasteiger partial charge in [0.2, 0.25) is 11.8 Å². The Bertz CT molecular complexity index is 450. The smallest absolute Gasteiger partial charge is 0.248 e. The van der Waals surface area contributed by atoms with Gasteiger partial charge in [-0.1, -0.05) is 30.3 Å². The predicted octanol–water partition coefficient (Wildman–Crippen LogP) is -0.515. The fourth-order valence-corrected chi connectivity index (χ4v) is 2.52. The third kappa shape index (κ3) is 1.81. The van der Waals surface area contributed by atoms with Crippen molar-refractivity contribution in [1.82, 2.24) is 15.5 Å². The normalized spacial score (nSPS) is 27.4. The number of amides is 2. The van der Waals surface area contributed by atoms with Crippen molar-refractivity contribution in [2.45, 2.75) is 18.6 Å². The summed E-state index contributed by atoms with van der Waals surface area (Å²) in [5.74, 6) is -0.248. The molecular formula is C13H15N3O2. The minimum Gasteiger partial charge on any atom is -0.303 e. The van der Waals surface area contributed by atoms with Crippen molar-refractivity contribution in [2.24, 2.45) is 0 Å². The fraction of sp³-hybridized carbons (Fsp3) is 0.385. The lowest BCUT2D eigenvalue weighted by molar-refractivity contribution is -0.139. The molecule has 2 aliphatic heterocycles. The first kappa shape index (κ1) is 11.4. The topological polar surface area (TPSA) is 61.4 Å². The molecule has 2 saturated heterocycles. The van der Waals surface area contributed by atoms with Gasteiger partial charge in [-0.05, 0) is 5.56 Å². The van der Waals surface area contributed by atoms with Crippen molar-refractivity contribution in [3.05, 3.63) is 35.9 Å². The molecule has 5 nitrogen and oxygen atoms in total. The van der Waals surface area contributed by atoms with E-state index in [9.17, 15) is 9.59 Å². The summed E-state index contributed by atoms with van der Waals surface area (Å²) in [5, 5.41) is 6.20. The molecule has 2 heterocycles. The average Bonchev–Trinajstić information content (AvgIpc) is 2.66. The maximum Gasteiger partial charge on any atom is 0.248 e. The molecule has 2 atom stereocenters. The Morgan fingerprint density at radius 2 is 1.56 bits per heavy atom. The molecule has 2 unspecified atom stereocenters. The molecule has 0 bridgehead atoms. The highest BCUT2D eigenvalue weighted by Crippen LogP contribution is 2.18. The molecule has 0 radical (unpaired) electrons. The van der Waals surface area contributed by atoms with E-state index in [2.05, 4.69) is 10.6 Å². The molecule has 2 amide bonds. The van der Waals surface area contributed by atoms with Gasteiger partial charge < -0.3 is 10.6 Å². The number of hydrogen-bond donors (Lipinski definition) is 2. The molecule has 0 spiro atoms. The third-order valence-corrected chi connectivity index (χ3v) is 3.43. The second-order valence-electron chi connectivity index (χ2n) is 4.61. The van der Waals surface area contributed by atoms with Crippen LogP contribution >= 0.6 is 0 Å². The Morgan fingerprint density at radius 1 is 1.00 bits per heavy atom. The average molecular weight is 245 g/mol. The van der Waals surface area contributed by atoms with Gasteiger partial charge in [0.05, 0.1) is 6.54 Å². The summed E-state index contributed by atoms with van der Waals surface area (Å²) in [6.45, 7) is 1.80. The van der Waals surface area contributed by atoms with Gasteiger partial charge in [-0.3, -0.25) is 14.5 Å². The Labute approximate surface area is 105 Å². The van der Waals surface area contributed by atoms with E-state index >= 15 is 0 Å². The first-order valence-corrected chi connectivity index (χ1v) is 6.13. The van der Waals surface area contributed by atoms with E-state index in [0.29, 0.717) is 6.54 Å². The summed E-state index contributed by atoms with van der Waals surface area (Å²) in [4.78, 5) is 25.7. The van der Waals surface area contributed by atoms with Crippen LogP contribution in [0, 0.1) is 0 Å². The first-order chi connectivity index (χ1) is 8.77. The standard InChI is InChI=1S/C13H15N3O2/c17-12-10-11(15-7-6-14-10)13(18)16(12)8-9-4-2-1-3-5-9/h1-5,10-11,14-15H,6-8H2. The Hall–Kier alpha value is -1.72. The third-order valence-electron chi connectivity index (χ3n) is 3.43. The predicted molar refractivity (Wildman–Crippen MR) is 65.6 cm³/mol. The second kappa shape index (κ2) is 4.51. The second-order valence-corrected chi connectivity index (χ2v) is 4.61. The zero-order valence-corrected chi connectivity index (χ0v) is 9.93. The van der Waals surface area contributed by atoms with Crippen molar-refractivity contribution in [1.29, 1.82) is 0 Å².